The van der Waals surface area contributed by atoms with Crippen LogP contribution in [-0.4, -0.2) is 23.3 Å². The first kappa shape index (κ1) is 15.7. The first-order chi connectivity index (χ1) is 10.7. The summed E-state index contributed by atoms with van der Waals surface area (Å²) in [6.45, 7) is 6.59. The van der Waals surface area contributed by atoms with Gasteiger partial charge in [0.15, 0.2) is 0 Å². The molecule has 0 amide bonds. The van der Waals surface area contributed by atoms with E-state index in [1.165, 1.54) is 49.0 Å². The van der Waals surface area contributed by atoms with Gasteiger partial charge in [0.05, 0.1) is 5.56 Å². The molecule has 3 rings (SSSR count). The van der Waals surface area contributed by atoms with Crippen molar-refractivity contribution in [3.05, 3.63) is 16.7 Å². The van der Waals surface area contributed by atoms with E-state index in [0.717, 1.165) is 36.5 Å². The van der Waals surface area contributed by atoms with Crippen molar-refractivity contribution in [3.8, 4) is 6.07 Å². The molecule has 2 aliphatic rings. The van der Waals surface area contributed by atoms with E-state index in [0.29, 0.717) is 5.25 Å². The highest BCUT2D eigenvalue weighted by atomic mass is 32.2. The lowest BCUT2D eigenvalue weighted by Crippen LogP contribution is -2.32. The van der Waals surface area contributed by atoms with Crippen molar-refractivity contribution in [2.24, 2.45) is 0 Å². The van der Waals surface area contributed by atoms with Crippen molar-refractivity contribution >= 4 is 17.6 Å². The SMILES string of the molecule is CC(C)Sc1nc(N2CCCCC2)c2c(c1C#N)CCCC2. The van der Waals surface area contributed by atoms with E-state index >= 15 is 0 Å². The van der Waals surface area contributed by atoms with E-state index in [2.05, 4.69) is 24.8 Å². The average molecular weight is 315 g/mol. The predicted octanol–water partition coefficient (Wildman–Crippen LogP) is 4.32. The molecule has 0 N–H and O–H groups in total. The molecule has 0 saturated carbocycles. The fourth-order valence-corrected chi connectivity index (χ4v) is 4.44. The maximum absolute atomic E-state index is 9.67. The average Bonchev–Trinajstić information content (AvgIpc) is 2.54. The van der Waals surface area contributed by atoms with Gasteiger partial charge in [-0.2, -0.15) is 5.26 Å². The highest BCUT2D eigenvalue weighted by Crippen LogP contribution is 2.37. The highest BCUT2D eigenvalue weighted by Gasteiger charge is 2.26. The molecular weight excluding hydrogens is 290 g/mol. The Morgan fingerprint density at radius 2 is 1.73 bits per heavy atom. The van der Waals surface area contributed by atoms with Gasteiger partial charge >= 0.3 is 0 Å². The Hall–Kier alpha value is -1.21. The van der Waals surface area contributed by atoms with E-state index in [-0.39, 0.29) is 0 Å². The summed E-state index contributed by atoms with van der Waals surface area (Å²) < 4.78 is 0. The fraction of sp³-hybridized carbons (Fsp3) is 0.667. The van der Waals surface area contributed by atoms with Crippen LogP contribution in [0.5, 0.6) is 0 Å². The summed E-state index contributed by atoms with van der Waals surface area (Å²) in [5.74, 6) is 1.19. The minimum absolute atomic E-state index is 0.454. The molecular formula is C18H25N3S. The lowest BCUT2D eigenvalue weighted by atomic mass is 9.89. The van der Waals surface area contributed by atoms with Crippen molar-refractivity contribution in [1.29, 1.82) is 5.26 Å². The molecule has 0 aromatic carbocycles. The lowest BCUT2D eigenvalue weighted by molar-refractivity contribution is 0.565. The number of nitriles is 1. The van der Waals surface area contributed by atoms with Crippen molar-refractivity contribution in [3.63, 3.8) is 0 Å². The Morgan fingerprint density at radius 1 is 1.05 bits per heavy atom. The first-order valence-corrected chi connectivity index (χ1v) is 9.46. The number of aromatic nitrogens is 1. The van der Waals surface area contributed by atoms with Crippen LogP contribution in [0.25, 0.3) is 0 Å². The Balaban J connectivity index is 2.09. The summed E-state index contributed by atoms with van der Waals surface area (Å²) in [7, 11) is 0. The quantitative estimate of drug-likeness (QED) is 0.779. The minimum atomic E-state index is 0.454. The molecule has 4 heteroatoms. The Morgan fingerprint density at radius 3 is 2.36 bits per heavy atom. The second-order valence-electron chi connectivity index (χ2n) is 6.61. The van der Waals surface area contributed by atoms with E-state index < -0.39 is 0 Å². The maximum Gasteiger partial charge on any atom is 0.133 e. The van der Waals surface area contributed by atoms with Gasteiger partial charge < -0.3 is 4.90 Å². The first-order valence-electron chi connectivity index (χ1n) is 8.58. The summed E-state index contributed by atoms with van der Waals surface area (Å²) in [5, 5.41) is 11.1. The van der Waals surface area contributed by atoms with Crippen LogP contribution < -0.4 is 4.90 Å². The van der Waals surface area contributed by atoms with Crippen LogP contribution in [0, 0.1) is 11.3 Å². The van der Waals surface area contributed by atoms with Gasteiger partial charge in [0.25, 0.3) is 0 Å². The summed E-state index contributed by atoms with van der Waals surface area (Å²) in [6, 6.07) is 2.46. The standard InChI is InChI=1S/C18H25N3S/c1-13(2)22-18-16(12-19)14-8-4-5-9-15(14)17(20-18)21-10-6-3-7-11-21/h13H,3-11H2,1-2H3. The Kier molecular flexibility index (Phi) is 4.93. The van der Waals surface area contributed by atoms with Gasteiger partial charge in [-0.3, -0.25) is 0 Å². The van der Waals surface area contributed by atoms with Crippen LogP contribution >= 0.6 is 11.8 Å². The zero-order valence-electron chi connectivity index (χ0n) is 13.7. The van der Waals surface area contributed by atoms with E-state index in [1.54, 1.807) is 11.8 Å². The van der Waals surface area contributed by atoms with Crippen LogP contribution in [0.4, 0.5) is 5.82 Å². The van der Waals surface area contributed by atoms with Gasteiger partial charge in [0, 0.05) is 18.3 Å². The van der Waals surface area contributed by atoms with E-state index in [1.807, 2.05) is 0 Å². The van der Waals surface area contributed by atoms with Gasteiger partial charge in [0.2, 0.25) is 0 Å². The molecule has 1 aliphatic heterocycles. The number of nitrogens with zero attached hydrogens (tertiary/aromatic N) is 3. The third kappa shape index (κ3) is 3.10. The summed E-state index contributed by atoms with van der Waals surface area (Å²) in [5.41, 5.74) is 3.53. The van der Waals surface area contributed by atoms with Gasteiger partial charge in [-0.05, 0) is 56.1 Å². The van der Waals surface area contributed by atoms with Crippen molar-refractivity contribution in [2.45, 2.75) is 69.1 Å². The predicted molar refractivity (Wildman–Crippen MR) is 92.7 cm³/mol. The number of anilines is 1. The third-order valence-corrected chi connectivity index (χ3v) is 5.57. The normalized spacial score (nSPS) is 18.2. The molecule has 3 nitrogen and oxygen atoms in total. The number of fused-ring (bicyclic) bond motifs is 1. The molecule has 1 saturated heterocycles. The van der Waals surface area contributed by atoms with Crippen LogP contribution in [0.2, 0.25) is 0 Å². The molecule has 0 bridgehead atoms. The molecule has 0 unspecified atom stereocenters. The number of hydrogen-bond acceptors (Lipinski definition) is 4. The van der Waals surface area contributed by atoms with Gasteiger partial charge in [-0.15, -0.1) is 11.8 Å². The van der Waals surface area contributed by atoms with Crippen molar-refractivity contribution in [1.82, 2.24) is 4.98 Å². The van der Waals surface area contributed by atoms with Crippen LogP contribution in [0.15, 0.2) is 5.03 Å². The highest BCUT2D eigenvalue weighted by molar-refractivity contribution is 7.99. The largest absolute Gasteiger partial charge is 0.356 e. The number of pyridine rings is 1. The third-order valence-electron chi connectivity index (χ3n) is 4.58. The monoisotopic (exact) mass is 315 g/mol. The molecule has 2 heterocycles. The van der Waals surface area contributed by atoms with Gasteiger partial charge in [-0.25, -0.2) is 4.98 Å². The van der Waals surface area contributed by atoms with Crippen LogP contribution in [0.3, 0.4) is 0 Å². The zero-order valence-corrected chi connectivity index (χ0v) is 14.5. The summed E-state index contributed by atoms with van der Waals surface area (Å²) >= 11 is 1.74. The van der Waals surface area contributed by atoms with Crippen LogP contribution in [0.1, 0.15) is 62.6 Å². The molecule has 118 valence electrons. The zero-order chi connectivity index (χ0) is 15.5. The number of rotatable bonds is 3. The molecule has 0 radical (unpaired) electrons. The smallest absolute Gasteiger partial charge is 0.133 e. The molecule has 0 spiro atoms. The molecule has 1 fully saturated rings. The minimum Gasteiger partial charge on any atom is -0.356 e. The summed E-state index contributed by atoms with van der Waals surface area (Å²) in [6.07, 6.45) is 8.45. The number of piperidine rings is 1. The van der Waals surface area contributed by atoms with Gasteiger partial charge in [-0.1, -0.05) is 13.8 Å². The Labute approximate surface area is 138 Å². The molecule has 0 atom stereocenters. The van der Waals surface area contributed by atoms with Gasteiger partial charge in [0.1, 0.15) is 16.9 Å². The molecule has 1 aromatic heterocycles. The lowest BCUT2D eigenvalue weighted by Gasteiger charge is -2.32. The van der Waals surface area contributed by atoms with Crippen molar-refractivity contribution in [2.75, 3.05) is 18.0 Å². The van der Waals surface area contributed by atoms with E-state index in [9.17, 15) is 5.26 Å². The van der Waals surface area contributed by atoms with Crippen LogP contribution in [-0.2, 0) is 12.8 Å². The van der Waals surface area contributed by atoms with E-state index in [4.69, 9.17) is 4.98 Å². The second kappa shape index (κ2) is 6.91. The molecule has 22 heavy (non-hydrogen) atoms. The molecule has 1 aliphatic carbocycles. The number of hydrogen-bond donors (Lipinski definition) is 0. The molecule has 1 aromatic rings. The fourth-order valence-electron chi connectivity index (χ4n) is 3.57. The topological polar surface area (TPSA) is 39.9 Å². The van der Waals surface area contributed by atoms with Crippen molar-refractivity contribution < 1.29 is 0 Å². The maximum atomic E-state index is 9.67. The Bertz CT molecular complexity index is 583. The second-order valence-corrected chi connectivity index (χ2v) is 8.17. The number of thioether (sulfide) groups is 1. The summed E-state index contributed by atoms with van der Waals surface area (Å²) in [4.78, 5) is 7.46.